The Morgan fingerprint density at radius 3 is 2.67 bits per heavy atom. The second kappa shape index (κ2) is 7.20. The van der Waals surface area contributed by atoms with Crippen LogP contribution in [0.25, 0.3) is 11.1 Å². The molecular weight excluding hydrogens is 345 g/mol. The lowest BCUT2D eigenvalue weighted by atomic mass is 9.86. The number of piperidine rings is 1. The van der Waals surface area contributed by atoms with Gasteiger partial charge in [0.25, 0.3) is 0 Å². The fourth-order valence-corrected chi connectivity index (χ4v) is 3.97. The van der Waals surface area contributed by atoms with Crippen LogP contribution < -0.4 is 5.73 Å². The summed E-state index contributed by atoms with van der Waals surface area (Å²) in [6, 6.07) is 9.33. The summed E-state index contributed by atoms with van der Waals surface area (Å²) in [7, 11) is 0. The fraction of sp³-hybridized carbons (Fsp3) is 0.389. The van der Waals surface area contributed by atoms with Gasteiger partial charge < -0.3 is 5.73 Å². The van der Waals surface area contributed by atoms with Gasteiger partial charge in [-0.1, -0.05) is 23.7 Å². The van der Waals surface area contributed by atoms with Gasteiger partial charge >= 0.3 is 0 Å². The zero-order valence-electron chi connectivity index (χ0n) is 13.3. The maximum atomic E-state index is 14.4. The van der Waals surface area contributed by atoms with Crippen LogP contribution in [0.3, 0.4) is 0 Å². The van der Waals surface area contributed by atoms with Gasteiger partial charge in [-0.2, -0.15) is 5.26 Å². The van der Waals surface area contributed by atoms with E-state index in [1.54, 1.807) is 12.1 Å². The summed E-state index contributed by atoms with van der Waals surface area (Å²) in [5.41, 5.74) is 8.20. The largest absolute Gasteiger partial charge is 0.324 e. The van der Waals surface area contributed by atoms with Gasteiger partial charge in [0.15, 0.2) is 0 Å². The number of likely N-dealkylation sites (tertiary alicyclic amines) is 1. The van der Waals surface area contributed by atoms with E-state index >= 15 is 0 Å². The van der Waals surface area contributed by atoms with Crippen molar-refractivity contribution in [3.05, 3.63) is 45.4 Å². The molecule has 0 radical (unpaired) electrons. The third-order valence-corrected chi connectivity index (χ3v) is 5.69. The quantitative estimate of drug-likeness (QED) is 0.875. The summed E-state index contributed by atoms with van der Waals surface area (Å²) in [4.78, 5) is 2.26. The van der Waals surface area contributed by atoms with Crippen molar-refractivity contribution in [3.63, 3.8) is 0 Å². The third-order valence-electron chi connectivity index (χ3n) is 4.60. The molecule has 1 saturated heterocycles. The highest BCUT2D eigenvalue weighted by atomic mass is 35.5. The molecule has 2 aromatic rings. The molecule has 0 aliphatic carbocycles. The number of thiophene rings is 1. The first-order valence-corrected chi connectivity index (χ1v) is 9.16. The van der Waals surface area contributed by atoms with Crippen molar-refractivity contribution in [3.8, 4) is 17.2 Å². The molecule has 0 spiro atoms. The predicted molar refractivity (Wildman–Crippen MR) is 96.4 cm³/mol. The maximum Gasteiger partial charge on any atom is 0.131 e. The summed E-state index contributed by atoms with van der Waals surface area (Å²) < 4.78 is 15.1. The summed E-state index contributed by atoms with van der Waals surface area (Å²) in [6.07, 6.45) is 2.00. The van der Waals surface area contributed by atoms with E-state index in [1.807, 2.05) is 17.5 Å². The highest BCUT2D eigenvalue weighted by molar-refractivity contribution is 7.14. The van der Waals surface area contributed by atoms with Gasteiger partial charge in [0.2, 0.25) is 0 Å². The molecule has 0 atom stereocenters. The first kappa shape index (κ1) is 17.4. The molecule has 2 heterocycles. The van der Waals surface area contributed by atoms with Crippen molar-refractivity contribution in [1.82, 2.24) is 4.90 Å². The summed E-state index contributed by atoms with van der Waals surface area (Å²) in [5.74, 6) is -0.225. The highest BCUT2D eigenvalue weighted by Crippen LogP contribution is 2.31. The van der Waals surface area contributed by atoms with E-state index in [9.17, 15) is 4.39 Å². The van der Waals surface area contributed by atoms with Crippen LogP contribution in [0, 0.1) is 17.1 Å². The van der Waals surface area contributed by atoms with E-state index in [0.717, 1.165) is 37.1 Å². The molecule has 6 heteroatoms. The van der Waals surface area contributed by atoms with E-state index in [1.165, 1.54) is 11.3 Å². The number of benzene rings is 1. The smallest absolute Gasteiger partial charge is 0.131 e. The fourth-order valence-electron chi connectivity index (χ4n) is 3.09. The number of halogens is 2. The Hall–Kier alpha value is -1.45. The van der Waals surface area contributed by atoms with Crippen LogP contribution in [0.1, 0.15) is 24.8 Å². The Kier molecular flexibility index (Phi) is 5.21. The van der Waals surface area contributed by atoms with Gasteiger partial charge in [-0.3, -0.25) is 4.90 Å². The second-order valence-corrected chi connectivity index (χ2v) is 7.97. The van der Waals surface area contributed by atoms with Gasteiger partial charge in [0, 0.05) is 36.1 Å². The van der Waals surface area contributed by atoms with E-state index in [4.69, 9.17) is 22.6 Å². The second-order valence-electron chi connectivity index (χ2n) is 6.43. The molecule has 1 fully saturated rings. The van der Waals surface area contributed by atoms with Gasteiger partial charge in [-0.25, -0.2) is 4.39 Å². The number of hydrogen-bond donors (Lipinski definition) is 1. The zero-order chi connectivity index (χ0) is 17.2. The van der Waals surface area contributed by atoms with Crippen molar-refractivity contribution in [2.45, 2.75) is 31.3 Å². The molecule has 0 saturated carbocycles. The van der Waals surface area contributed by atoms with Crippen molar-refractivity contribution in [2.75, 3.05) is 13.1 Å². The summed E-state index contributed by atoms with van der Waals surface area (Å²) in [6.45, 7) is 2.37. The third kappa shape index (κ3) is 3.96. The molecule has 126 valence electrons. The van der Waals surface area contributed by atoms with E-state index in [-0.39, 0.29) is 11.4 Å². The molecule has 2 N–H and O–H groups in total. The maximum absolute atomic E-state index is 14.4. The normalized spacial score (nSPS) is 17.6. The van der Waals surface area contributed by atoms with Crippen molar-refractivity contribution < 1.29 is 4.39 Å². The molecule has 3 nitrogen and oxygen atoms in total. The van der Waals surface area contributed by atoms with Crippen LogP contribution in [0.5, 0.6) is 0 Å². The molecule has 0 amide bonds. The lowest BCUT2D eigenvalue weighted by Crippen LogP contribution is -2.49. The van der Waals surface area contributed by atoms with Crippen LogP contribution in [0.2, 0.25) is 4.34 Å². The van der Waals surface area contributed by atoms with Gasteiger partial charge in [0.05, 0.1) is 16.8 Å². The first-order valence-electron chi connectivity index (χ1n) is 7.90. The zero-order valence-corrected chi connectivity index (χ0v) is 14.8. The minimum atomic E-state index is -0.363. The van der Waals surface area contributed by atoms with Crippen LogP contribution in [0.15, 0.2) is 29.6 Å². The van der Waals surface area contributed by atoms with E-state index in [2.05, 4.69) is 11.0 Å². The SMILES string of the molecule is N#CCC1(N)CCN(Cc2ccc(-c3csc(Cl)c3)c(F)c2)CC1. The average molecular weight is 364 g/mol. The number of rotatable bonds is 4. The molecule has 1 aromatic heterocycles. The molecule has 0 bridgehead atoms. The lowest BCUT2D eigenvalue weighted by Gasteiger charge is -2.37. The summed E-state index contributed by atoms with van der Waals surface area (Å²) in [5, 5.41) is 10.7. The molecule has 1 aromatic carbocycles. The Morgan fingerprint density at radius 1 is 1.33 bits per heavy atom. The van der Waals surface area contributed by atoms with Crippen LogP contribution in [0.4, 0.5) is 4.39 Å². The minimum absolute atomic E-state index is 0.225. The minimum Gasteiger partial charge on any atom is -0.324 e. The standard InChI is InChI=1S/C18H19ClFN3S/c19-17-10-14(12-24-17)15-2-1-13(9-16(15)20)11-23-7-4-18(22,3-6-21)5-8-23/h1-2,9-10,12H,3-5,7-8,11,22H2. The van der Waals surface area contributed by atoms with Crippen molar-refractivity contribution in [1.29, 1.82) is 5.26 Å². The molecular formula is C18H19ClFN3S. The van der Waals surface area contributed by atoms with Gasteiger partial charge in [-0.15, -0.1) is 11.3 Å². The molecule has 1 aliphatic heterocycles. The lowest BCUT2D eigenvalue weighted by molar-refractivity contribution is 0.157. The van der Waals surface area contributed by atoms with E-state index in [0.29, 0.717) is 22.9 Å². The topological polar surface area (TPSA) is 53.1 Å². The first-order chi connectivity index (χ1) is 11.5. The number of nitrogens with two attached hydrogens (primary N) is 1. The van der Waals surface area contributed by atoms with Crippen LogP contribution in [-0.2, 0) is 6.54 Å². The number of hydrogen-bond acceptors (Lipinski definition) is 4. The Labute approximate surface area is 150 Å². The monoisotopic (exact) mass is 363 g/mol. The number of nitrogens with zero attached hydrogens (tertiary/aromatic N) is 2. The van der Waals surface area contributed by atoms with Gasteiger partial charge in [0.1, 0.15) is 5.82 Å². The Morgan fingerprint density at radius 2 is 2.08 bits per heavy atom. The van der Waals surface area contributed by atoms with E-state index < -0.39 is 0 Å². The van der Waals surface area contributed by atoms with Crippen molar-refractivity contribution in [2.24, 2.45) is 5.73 Å². The molecule has 0 unspecified atom stereocenters. The van der Waals surface area contributed by atoms with Gasteiger partial charge in [-0.05, 0) is 36.1 Å². The average Bonchev–Trinajstić information content (AvgIpc) is 2.96. The highest BCUT2D eigenvalue weighted by Gasteiger charge is 2.30. The Balaban J connectivity index is 1.65. The van der Waals surface area contributed by atoms with Crippen LogP contribution in [-0.4, -0.2) is 23.5 Å². The predicted octanol–water partition coefficient (Wildman–Crippen LogP) is 4.41. The summed E-state index contributed by atoms with van der Waals surface area (Å²) >= 11 is 7.33. The van der Waals surface area contributed by atoms with Crippen molar-refractivity contribution >= 4 is 22.9 Å². The molecule has 24 heavy (non-hydrogen) atoms. The molecule has 1 aliphatic rings. The Bertz CT molecular complexity index is 760. The molecule has 3 rings (SSSR count). The van der Waals surface area contributed by atoms with Crippen LogP contribution >= 0.6 is 22.9 Å². The number of nitriles is 1.